The van der Waals surface area contributed by atoms with Crippen LogP contribution < -0.4 is 15.4 Å². The molecule has 1 aliphatic heterocycles. The topological polar surface area (TPSA) is 41.4 Å². The van der Waals surface area contributed by atoms with Gasteiger partial charge < -0.3 is 9.80 Å². The Kier molecular flexibility index (Phi) is 5.05. The minimum atomic E-state index is -0.308. The summed E-state index contributed by atoms with van der Waals surface area (Å²) >= 11 is 12.5. The second-order valence-electron chi connectivity index (χ2n) is 6.35. The number of benzene rings is 2. The van der Waals surface area contributed by atoms with Gasteiger partial charge in [0, 0.05) is 36.9 Å². The van der Waals surface area contributed by atoms with E-state index < -0.39 is 0 Å². The lowest BCUT2D eigenvalue weighted by molar-refractivity contribution is 0.649. The molecule has 0 saturated carbocycles. The fourth-order valence-electron chi connectivity index (χ4n) is 3.28. The average molecular weight is 401 g/mol. The number of rotatable bonds is 3. The van der Waals surface area contributed by atoms with Crippen LogP contribution in [0.4, 0.5) is 11.4 Å². The number of halogens is 2. The molecule has 138 valence electrons. The van der Waals surface area contributed by atoms with Gasteiger partial charge in [0.1, 0.15) is 5.02 Å². The highest BCUT2D eigenvalue weighted by Gasteiger charge is 2.22. The standard InChI is InChI=1S/C20H18Cl2N4O/c21-15-5-4-8-17(13-15)24-9-11-25(12-10-24)18-14-23-26(20(27)19(18)22)16-6-2-1-3-7-16/h1-8,13-14H,9-12H2. The zero-order chi connectivity index (χ0) is 18.8. The molecule has 0 unspecified atom stereocenters. The van der Waals surface area contributed by atoms with Crippen LogP contribution in [0.3, 0.4) is 0 Å². The molecule has 0 N–H and O–H groups in total. The van der Waals surface area contributed by atoms with E-state index >= 15 is 0 Å². The van der Waals surface area contributed by atoms with Crippen molar-refractivity contribution in [1.29, 1.82) is 0 Å². The van der Waals surface area contributed by atoms with Crippen molar-refractivity contribution in [3.8, 4) is 5.69 Å². The van der Waals surface area contributed by atoms with Crippen molar-refractivity contribution in [1.82, 2.24) is 9.78 Å². The molecule has 1 fully saturated rings. The molecule has 1 saturated heterocycles. The quantitative estimate of drug-likeness (QED) is 0.668. The van der Waals surface area contributed by atoms with Crippen LogP contribution in [-0.4, -0.2) is 36.0 Å². The summed E-state index contributed by atoms with van der Waals surface area (Å²) in [7, 11) is 0. The van der Waals surface area contributed by atoms with Crippen LogP contribution in [0.2, 0.25) is 10.0 Å². The van der Waals surface area contributed by atoms with Gasteiger partial charge in [0.25, 0.3) is 5.56 Å². The van der Waals surface area contributed by atoms with Gasteiger partial charge in [-0.1, -0.05) is 47.5 Å². The molecule has 1 aliphatic rings. The Bertz CT molecular complexity index is 998. The maximum absolute atomic E-state index is 12.7. The Morgan fingerprint density at radius 1 is 0.815 bits per heavy atom. The first-order chi connectivity index (χ1) is 13.1. The molecule has 0 aliphatic carbocycles. The van der Waals surface area contributed by atoms with Gasteiger partial charge in [-0.25, -0.2) is 0 Å². The van der Waals surface area contributed by atoms with Gasteiger partial charge in [-0.3, -0.25) is 4.79 Å². The Morgan fingerprint density at radius 2 is 1.48 bits per heavy atom. The lowest BCUT2D eigenvalue weighted by Crippen LogP contribution is -2.47. The summed E-state index contributed by atoms with van der Waals surface area (Å²) in [5.41, 5.74) is 2.17. The van der Waals surface area contributed by atoms with Crippen molar-refractivity contribution in [3.63, 3.8) is 0 Å². The number of aromatic nitrogens is 2. The summed E-state index contributed by atoms with van der Waals surface area (Å²) in [6, 6.07) is 17.1. The summed E-state index contributed by atoms with van der Waals surface area (Å²) in [5, 5.41) is 5.25. The summed E-state index contributed by atoms with van der Waals surface area (Å²) < 4.78 is 1.33. The van der Waals surface area contributed by atoms with Gasteiger partial charge in [-0.05, 0) is 30.3 Å². The largest absolute Gasteiger partial charge is 0.368 e. The van der Waals surface area contributed by atoms with Gasteiger partial charge in [0.05, 0.1) is 17.6 Å². The van der Waals surface area contributed by atoms with Gasteiger partial charge in [-0.2, -0.15) is 9.78 Å². The average Bonchev–Trinajstić information content (AvgIpc) is 2.71. The SMILES string of the molecule is O=c1c(Cl)c(N2CCN(c3cccc(Cl)c3)CC2)cnn1-c1ccccc1. The van der Waals surface area contributed by atoms with Crippen LogP contribution in [0.5, 0.6) is 0 Å². The van der Waals surface area contributed by atoms with Crippen LogP contribution in [0.1, 0.15) is 0 Å². The van der Waals surface area contributed by atoms with Crippen molar-refractivity contribution in [2.24, 2.45) is 0 Å². The molecule has 0 amide bonds. The second kappa shape index (κ2) is 7.62. The first kappa shape index (κ1) is 17.9. The monoisotopic (exact) mass is 400 g/mol. The molecule has 2 heterocycles. The van der Waals surface area contributed by atoms with Crippen LogP contribution in [0.25, 0.3) is 5.69 Å². The number of hydrogen-bond acceptors (Lipinski definition) is 4. The Morgan fingerprint density at radius 3 is 2.19 bits per heavy atom. The molecule has 0 bridgehead atoms. The molecular weight excluding hydrogens is 383 g/mol. The Hall–Kier alpha value is -2.50. The third kappa shape index (κ3) is 3.66. The lowest BCUT2D eigenvalue weighted by Gasteiger charge is -2.37. The summed E-state index contributed by atoms with van der Waals surface area (Å²) in [5.74, 6) is 0. The lowest BCUT2D eigenvalue weighted by atomic mass is 10.2. The maximum atomic E-state index is 12.7. The Balaban J connectivity index is 1.53. The molecule has 27 heavy (non-hydrogen) atoms. The van der Waals surface area contributed by atoms with Crippen LogP contribution in [0, 0.1) is 0 Å². The number of anilines is 2. The smallest absolute Gasteiger partial charge is 0.292 e. The highest BCUT2D eigenvalue weighted by molar-refractivity contribution is 6.33. The third-order valence-corrected chi connectivity index (χ3v) is 5.29. The third-order valence-electron chi connectivity index (χ3n) is 4.69. The first-order valence-electron chi connectivity index (χ1n) is 8.72. The van der Waals surface area contributed by atoms with E-state index in [1.54, 1.807) is 6.20 Å². The zero-order valence-electron chi connectivity index (χ0n) is 14.6. The molecule has 7 heteroatoms. The van der Waals surface area contributed by atoms with E-state index in [0.29, 0.717) is 11.4 Å². The number of piperazine rings is 1. The maximum Gasteiger partial charge on any atom is 0.292 e. The minimum Gasteiger partial charge on any atom is -0.368 e. The van der Waals surface area contributed by atoms with Gasteiger partial charge in [-0.15, -0.1) is 0 Å². The molecule has 2 aromatic carbocycles. The van der Waals surface area contributed by atoms with Crippen molar-refractivity contribution in [2.45, 2.75) is 0 Å². The molecular formula is C20H18Cl2N4O. The minimum absolute atomic E-state index is 0.199. The highest BCUT2D eigenvalue weighted by atomic mass is 35.5. The van der Waals surface area contributed by atoms with Crippen molar-refractivity contribution < 1.29 is 0 Å². The van der Waals surface area contributed by atoms with E-state index in [2.05, 4.69) is 21.0 Å². The van der Waals surface area contributed by atoms with E-state index in [-0.39, 0.29) is 10.6 Å². The predicted molar refractivity (Wildman–Crippen MR) is 111 cm³/mol. The van der Waals surface area contributed by atoms with E-state index in [1.807, 2.05) is 48.5 Å². The summed E-state index contributed by atoms with van der Waals surface area (Å²) in [6.45, 7) is 3.14. The number of nitrogens with zero attached hydrogens (tertiary/aromatic N) is 4. The molecule has 0 radical (unpaired) electrons. The van der Waals surface area contributed by atoms with E-state index in [1.165, 1.54) is 4.68 Å². The van der Waals surface area contributed by atoms with E-state index in [9.17, 15) is 4.79 Å². The normalized spacial score (nSPS) is 14.4. The molecule has 0 spiro atoms. The highest BCUT2D eigenvalue weighted by Crippen LogP contribution is 2.25. The van der Waals surface area contributed by atoms with Gasteiger partial charge in [0.2, 0.25) is 0 Å². The second-order valence-corrected chi connectivity index (χ2v) is 7.16. The summed E-state index contributed by atoms with van der Waals surface area (Å²) in [4.78, 5) is 17.0. The van der Waals surface area contributed by atoms with Crippen LogP contribution in [-0.2, 0) is 0 Å². The molecule has 1 aromatic heterocycles. The first-order valence-corrected chi connectivity index (χ1v) is 9.48. The van der Waals surface area contributed by atoms with E-state index in [0.717, 1.165) is 36.9 Å². The molecule has 5 nitrogen and oxygen atoms in total. The van der Waals surface area contributed by atoms with Crippen molar-refractivity contribution in [3.05, 3.63) is 81.2 Å². The van der Waals surface area contributed by atoms with Gasteiger partial charge in [0.15, 0.2) is 0 Å². The molecule has 0 atom stereocenters. The van der Waals surface area contributed by atoms with Crippen LogP contribution in [0.15, 0.2) is 65.6 Å². The molecule has 4 rings (SSSR count). The van der Waals surface area contributed by atoms with Crippen molar-refractivity contribution in [2.75, 3.05) is 36.0 Å². The van der Waals surface area contributed by atoms with Gasteiger partial charge >= 0.3 is 0 Å². The Labute approximate surface area is 167 Å². The number of para-hydroxylation sites is 1. The predicted octanol–water partition coefficient (Wildman–Crippen LogP) is 3.87. The zero-order valence-corrected chi connectivity index (χ0v) is 16.1. The van der Waals surface area contributed by atoms with E-state index in [4.69, 9.17) is 23.2 Å². The fourth-order valence-corrected chi connectivity index (χ4v) is 3.71. The fraction of sp³-hybridized carbons (Fsp3) is 0.200. The summed E-state index contributed by atoms with van der Waals surface area (Å²) in [6.07, 6.45) is 1.67. The van der Waals surface area contributed by atoms with Crippen molar-refractivity contribution >= 4 is 34.6 Å². The molecule has 3 aromatic rings. The van der Waals surface area contributed by atoms with Crippen LogP contribution >= 0.6 is 23.2 Å². The number of hydrogen-bond donors (Lipinski definition) is 0.